The number of carbonyl (C=O) groups is 2. The number of hydrogen-bond acceptors (Lipinski definition) is 3. The zero-order valence-corrected chi connectivity index (χ0v) is 8.50. The number of nitrogens with two attached hydrogens (primary N) is 2. The zero-order chi connectivity index (χ0) is 12.1. The molecule has 86 valence electrons. The van der Waals surface area contributed by atoms with E-state index >= 15 is 0 Å². The fourth-order valence-corrected chi connectivity index (χ4v) is 1.12. The van der Waals surface area contributed by atoms with Crippen molar-refractivity contribution in [2.24, 2.45) is 5.73 Å². The quantitative estimate of drug-likeness (QED) is 0.629. The lowest BCUT2D eigenvalue weighted by molar-refractivity contribution is -0.117. The molecule has 2 amide bonds. The van der Waals surface area contributed by atoms with Crippen LogP contribution in [0, 0.1) is 5.82 Å². The van der Waals surface area contributed by atoms with E-state index in [0.717, 1.165) is 12.1 Å². The molecule has 0 heterocycles. The Balaban J connectivity index is 2.65. The van der Waals surface area contributed by atoms with Crippen molar-refractivity contribution in [3.8, 4) is 0 Å². The summed E-state index contributed by atoms with van der Waals surface area (Å²) in [4.78, 5) is 21.9. The summed E-state index contributed by atoms with van der Waals surface area (Å²) in [5, 5.41) is 2.41. The van der Waals surface area contributed by atoms with Crippen molar-refractivity contribution in [3.05, 3.63) is 29.6 Å². The SMILES string of the molecule is NC(=O)CCNC(=O)c1cc(F)ccc1N. The molecule has 0 spiro atoms. The molecular formula is C10H12FN3O2. The van der Waals surface area contributed by atoms with Gasteiger partial charge in [-0.05, 0) is 18.2 Å². The summed E-state index contributed by atoms with van der Waals surface area (Å²) >= 11 is 0. The topological polar surface area (TPSA) is 98.2 Å². The molecule has 0 radical (unpaired) electrons. The molecule has 5 nitrogen and oxygen atoms in total. The molecule has 0 bridgehead atoms. The van der Waals surface area contributed by atoms with Gasteiger partial charge in [0.05, 0.1) is 5.56 Å². The third-order valence-electron chi connectivity index (χ3n) is 1.92. The van der Waals surface area contributed by atoms with Crippen molar-refractivity contribution in [3.63, 3.8) is 0 Å². The Kier molecular flexibility index (Phi) is 3.82. The van der Waals surface area contributed by atoms with Gasteiger partial charge >= 0.3 is 0 Å². The molecule has 0 saturated heterocycles. The summed E-state index contributed by atoms with van der Waals surface area (Å²) < 4.78 is 12.8. The van der Waals surface area contributed by atoms with Gasteiger partial charge in [0, 0.05) is 18.7 Å². The number of carbonyl (C=O) groups excluding carboxylic acids is 2. The molecule has 6 heteroatoms. The first-order valence-corrected chi connectivity index (χ1v) is 4.62. The number of rotatable bonds is 4. The monoisotopic (exact) mass is 225 g/mol. The van der Waals surface area contributed by atoms with Crippen molar-refractivity contribution >= 4 is 17.5 Å². The maximum absolute atomic E-state index is 12.8. The highest BCUT2D eigenvalue weighted by Gasteiger charge is 2.10. The predicted octanol–water partition coefficient (Wildman–Crippen LogP) is 0.0131. The largest absolute Gasteiger partial charge is 0.398 e. The van der Waals surface area contributed by atoms with Crippen LogP contribution in [0.25, 0.3) is 0 Å². The van der Waals surface area contributed by atoms with E-state index in [1.54, 1.807) is 0 Å². The molecule has 0 aliphatic carbocycles. The Hall–Kier alpha value is -2.11. The average Bonchev–Trinajstić information content (AvgIpc) is 2.21. The van der Waals surface area contributed by atoms with Gasteiger partial charge in [-0.1, -0.05) is 0 Å². The standard InChI is InChI=1S/C10H12FN3O2/c11-6-1-2-8(12)7(5-6)10(16)14-4-3-9(13)15/h1-2,5H,3-4,12H2,(H2,13,15)(H,14,16). The van der Waals surface area contributed by atoms with Crippen molar-refractivity contribution in [2.75, 3.05) is 12.3 Å². The summed E-state index contributed by atoms with van der Waals surface area (Å²) in [5.41, 5.74) is 10.6. The molecule has 5 N–H and O–H groups in total. The fourth-order valence-electron chi connectivity index (χ4n) is 1.12. The Morgan fingerprint density at radius 1 is 1.38 bits per heavy atom. The summed E-state index contributed by atoms with van der Waals surface area (Å²) in [6.07, 6.45) is 0.0287. The smallest absolute Gasteiger partial charge is 0.253 e. The maximum Gasteiger partial charge on any atom is 0.253 e. The minimum atomic E-state index is -0.547. The Morgan fingerprint density at radius 3 is 2.69 bits per heavy atom. The molecule has 0 atom stereocenters. The minimum absolute atomic E-state index is 0.0287. The van der Waals surface area contributed by atoms with Gasteiger partial charge in [-0.2, -0.15) is 0 Å². The van der Waals surface area contributed by atoms with Gasteiger partial charge < -0.3 is 16.8 Å². The van der Waals surface area contributed by atoms with Gasteiger partial charge in [0.25, 0.3) is 5.91 Å². The van der Waals surface area contributed by atoms with Crippen LogP contribution in [0.5, 0.6) is 0 Å². The van der Waals surface area contributed by atoms with E-state index in [1.807, 2.05) is 0 Å². The minimum Gasteiger partial charge on any atom is -0.398 e. The van der Waals surface area contributed by atoms with Crippen LogP contribution < -0.4 is 16.8 Å². The van der Waals surface area contributed by atoms with Crippen molar-refractivity contribution in [1.29, 1.82) is 0 Å². The maximum atomic E-state index is 12.8. The normalized spacial score (nSPS) is 9.81. The van der Waals surface area contributed by atoms with E-state index in [9.17, 15) is 14.0 Å². The molecule has 0 aromatic heterocycles. The molecule has 0 unspecified atom stereocenters. The molecular weight excluding hydrogens is 213 g/mol. The Labute approximate surface area is 91.6 Å². The van der Waals surface area contributed by atoms with Gasteiger partial charge in [0.1, 0.15) is 5.82 Å². The van der Waals surface area contributed by atoms with Crippen molar-refractivity contribution < 1.29 is 14.0 Å². The predicted molar refractivity (Wildman–Crippen MR) is 57.0 cm³/mol. The number of amides is 2. The molecule has 16 heavy (non-hydrogen) atoms. The van der Waals surface area contributed by atoms with Gasteiger partial charge in [-0.15, -0.1) is 0 Å². The zero-order valence-electron chi connectivity index (χ0n) is 8.50. The second-order valence-corrected chi connectivity index (χ2v) is 3.20. The molecule has 1 aromatic rings. The second-order valence-electron chi connectivity index (χ2n) is 3.20. The number of anilines is 1. The molecule has 0 fully saturated rings. The molecule has 0 saturated carbocycles. The molecule has 1 aromatic carbocycles. The van der Waals surface area contributed by atoms with Crippen molar-refractivity contribution in [1.82, 2.24) is 5.32 Å². The average molecular weight is 225 g/mol. The Bertz CT molecular complexity index is 421. The van der Waals surface area contributed by atoms with Crippen LogP contribution in [-0.2, 0) is 4.79 Å². The lowest BCUT2D eigenvalue weighted by Gasteiger charge is -2.06. The van der Waals surface area contributed by atoms with E-state index in [4.69, 9.17) is 11.5 Å². The number of nitrogens with one attached hydrogen (secondary N) is 1. The first-order chi connectivity index (χ1) is 7.50. The number of primary amides is 1. The Morgan fingerprint density at radius 2 is 2.06 bits per heavy atom. The first-order valence-electron chi connectivity index (χ1n) is 4.62. The van der Waals surface area contributed by atoms with E-state index in [-0.39, 0.29) is 24.2 Å². The van der Waals surface area contributed by atoms with Gasteiger partial charge in [0.15, 0.2) is 0 Å². The molecule has 0 aliphatic heterocycles. The molecule has 0 aliphatic rings. The third-order valence-corrected chi connectivity index (χ3v) is 1.92. The number of hydrogen-bond donors (Lipinski definition) is 3. The van der Waals surface area contributed by atoms with Crippen LogP contribution in [0.1, 0.15) is 16.8 Å². The van der Waals surface area contributed by atoms with E-state index in [1.165, 1.54) is 6.07 Å². The van der Waals surface area contributed by atoms with Crippen LogP contribution in [-0.4, -0.2) is 18.4 Å². The first kappa shape index (κ1) is 12.0. The number of nitrogen functional groups attached to an aromatic ring is 1. The summed E-state index contributed by atoms with van der Waals surface area (Å²) in [6, 6.07) is 3.50. The van der Waals surface area contributed by atoms with Gasteiger partial charge in [-0.25, -0.2) is 4.39 Å². The van der Waals surface area contributed by atoms with Crippen molar-refractivity contribution in [2.45, 2.75) is 6.42 Å². The highest BCUT2D eigenvalue weighted by atomic mass is 19.1. The van der Waals surface area contributed by atoms with Crippen LogP contribution in [0.4, 0.5) is 10.1 Å². The van der Waals surface area contributed by atoms with Crippen LogP contribution in [0.3, 0.4) is 0 Å². The summed E-state index contributed by atoms with van der Waals surface area (Å²) in [7, 11) is 0. The third kappa shape index (κ3) is 3.23. The lowest BCUT2D eigenvalue weighted by Crippen LogP contribution is -2.28. The van der Waals surface area contributed by atoms with Crippen LogP contribution in [0.15, 0.2) is 18.2 Å². The summed E-state index contributed by atoms with van der Waals surface area (Å²) in [6.45, 7) is 0.101. The van der Waals surface area contributed by atoms with Gasteiger partial charge in [0.2, 0.25) is 5.91 Å². The lowest BCUT2D eigenvalue weighted by atomic mass is 10.1. The van der Waals surface area contributed by atoms with E-state index in [2.05, 4.69) is 5.32 Å². The second kappa shape index (κ2) is 5.11. The number of halogens is 1. The molecule has 1 rings (SSSR count). The van der Waals surface area contributed by atoms with E-state index in [0.29, 0.717) is 0 Å². The van der Waals surface area contributed by atoms with Crippen LogP contribution in [0.2, 0.25) is 0 Å². The highest BCUT2D eigenvalue weighted by Crippen LogP contribution is 2.12. The van der Waals surface area contributed by atoms with E-state index < -0.39 is 17.6 Å². The summed E-state index contributed by atoms with van der Waals surface area (Å²) in [5.74, 6) is -1.60. The van der Waals surface area contributed by atoms with Gasteiger partial charge in [-0.3, -0.25) is 9.59 Å². The highest BCUT2D eigenvalue weighted by molar-refractivity contribution is 5.99. The fraction of sp³-hybridized carbons (Fsp3) is 0.200. The number of benzene rings is 1. The van der Waals surface area contributed by atoms with Crippen LogP contribution >= 0.6 is 0 Å².